The minimum absolute atomic E-state index is 0.831. The van der Waals surface area contributed by atoms with Crippen molar-refractivity contribution in [3.8, 4) is 0 Å². The molecule has 0 bridgehead atoms. The fourth-order valence-electron chi connectivity index (χ4n) is 1.97. The average Bonchev–Trinajstić information content (AvgIpc) is 2.75. The smallest absolute Gasteiger partial charge is 0.161 e. The summed E-state index contributed by atoms with van der Waals surface area (Å²) in [7, 11) is 0. The predicted octanol–water partition coefficient (Wildman–Crippen LogP) is 1.90. The fourth-order valence-corrected chi connectivity index (χ4v) is 2.26. The van der Waals surface area contributed by atoms with E-state index in [4.69, 9.17) is 16.6 Å². The van der Waals surface area contributed by atoms with Gasteiger partial charge in [-0.25, -0.2) is 0 Å². The van der Waals surface area contributed by atoms with Crippen LogP contribution < -0.4 is 0 Å². The lowest BCUT2D eigenvalue weighted by atomic mass is 10.3. The summed E-state index contributed by atoms with van der Waals surface area (Å²) in [5, 5.41) is 0. The molecule has 2 heterocycles. The van der Waals surface area contributed by atoms with Crippen molar-refractivity contribution in [3.05, 3.63) is 23.7 Å². The van der Waals surface area contributed by atoms with Gasteiger partial charge in [0.1, 0.15) is 10.7 Å². The van der Waals surface area contributed by atoms with Gasteiger partial charge < -0.3 is 14.2 Å². The standard InChI is InChI=1S/C12H18N2OS/c1-3-13-6-8-14(9-7-13)12(16)11-5-4-10(2)15-11/h4-5H,3,6-9H2,1-2H3. The Bertz CT molecular complexity index is 367. The fraction of sp³-hybridized carbons (Fsp3) is 0.583. The quantitative estimate of drug-likeness (QED) is 0.733. The summed E-state index contributed by atoms with van der Waals surface area (Å²) in [6, 6.07) is 3.92. The number of aryl methyl sites for hydroxylation is 1. The van der Waals surface area contributed by atoms with Crippen molar-refractivity contribution in [2.45, 2.75) is 13.8 Å². The van der Waals surface area contributed by atoms with E-state index < -0.39 is 0 Å². The third-order valence-electron chi connectivity index (χ3n) is 3.06. The van der Waals surface area contributed by atoms with Crippen LogP contribution in [0.15, 0.2) is 16.5 Å². The maximum atomic E-state index is 5.56. The molecule has 1 saturated heterocycles. The van der Waals surface area contributed by atoms with Crippen molar-refractivity contribution >= 4 is 17.2 Å². The zero-order valence-electron chi connectivity index (χ0n) is 9.90. The number of rotatable bonds is 2. The molecule has 0 saturated carbocycles. The average molecular weight is 238 g/mol. The molecule has 0 amide bonds. The van der Waals surface area contributed by atoms with E-state index in [2.05, 4.69) is 16.7 Å². The van der Waals surface area contributed by atoms with Crippen LogP contribution in [0.25, 0.3) is 0 Å². The predicted molar refractivity (Wildman–Crippen MR) is 68.8 cm³/mol. The molecule has 0 aliphatic carbocycles. The van der Waals surface area contributed by atoms with Gasteiger partial charge in [0, 0.05) is 26.2 Å². The number of nitrogens with zero attached hydrogens (tertiary/aromatic N) is 2. The van der Waals surface area contributed by atoms with Crippen LogP contribution in [-0.2, 0) is 0 Å². The monoisotopic (exact) mass is 238 g/mol. The number of piperazine rings is 1. The molecular formula is C12H18N2OS. The molecule has 0 unspecified atom stereocenters. The molecule has 4 heteroatoms. The number of thiocarbonyl (C=S) groups is 1. The van der Waals surface area contributed by atoms with Crippen molar-refractivity contribution in [1.29, 1.82) is 0 Å². The van der Waals surface area contributed by atoms with Crippen LogP contribution in [0.3, 0.4) is 0 Å². The first kappa shape index (κ1) is 11.6. The van der Waals surface area contributed by atoms with E-state index in [1.807, 2.05) is 19.1 Å². The van der Waals surface area contributed by atoms with Crippen LogP contribution in [0, 0.1) is 6.92 Å². The third-order valence-corrected chi connectivity index (χ3v) is 3.52. The number of hydrogen-bond acceptors (Lipinski definition) is 3. The molecular weight excluding hydrogens is 220 g/mol. The van der Waals surface area contributed by atoms with Crippen molar-refractivity contribution in [1.82, 2.24) is 9.80 Å². The molecule has 0 aromatic carbocycles. The highest BCUT2D eigenvalue weighted by Crippen LogP contribution is 2.12. The van der Waals surface area contributed by atoms with Crippen LogP contribution in [0.2, 0.25) is 0 Å². The van der Waals surface area contributed by atoms with E-state index in [9.17, 15) is 0 Å². The van der Waals surface area contributed by atoms with Crippen molar-refractivity contribution in [2.24, 2.45) is 0 Å². The molecule has 1 aliphatic heterocycles. The Kier molecular flexibility index (Phi) is 3.61. The molecule has 1 aromatic rings. The van der Waals surface area contributed by atoms with Gasteiger partial charge in [-0.3, -0.25) is 0 Å². The van der Waals surface area contributed by atoms with Gasteiger partial charge in [-0.15, -0.1) is 0 Å². The van der Waals surface area contributed by atoms with E-state index >= 15 is 0 Å². The summed E-state index contributed by atoms with van der Waals surface area (Å²) in [4.78, 5) is 5.52. The maximum absolute atomic E-state index is 5.56. The van der Waals surface area contributed by atoms with E-state index in [0.717, 1.165) is 49.2 Å². The van der Waals surface area contributed by atoms with Crippen LogP contribution in [0.1, 0.15) is 18.4 Å². The van der Waals surface area contributed by atoms with Crippen LogP contribution in [0.5, 0.6) is 0 Å². The molecule has 1 fully saturated rings. The van der Waals surface area contributed by atoms with Gasteiger partial charge in [-0.05, 0) is 25.6 Å². The highest BCUT2D eigenvalue weighted by molar-refractivity contribution is 7.80. The zero-order chi connectivity index (χ0) is 11.5. The Hall–Kier alpha value is -0.870. The number of likely N-dealkylation sites (N-methyl/N-ethyl adjacent to an activating group) is 1. The molecule has 1 aliphatic rings. The highest BCUT2D eigenvalue weighted by Gasteiger charge is 2.20. The molecule has 0 atom stereocenters. The molecule has 3 nitrogen and oxygen atoms in total. The Labute approximate surface area is 102 Å². The van der Waals surface area contributed by atoms with Crippen molar-refractivity contribution in [2.75, 3.05) is 32.7 Å². The summed E-state index contributed by atoms with van der Waals surface area (Å²) < 4.78 is 5.56. The van der Waals surface area contributed by atoms with E-state index in [0.29, 0.717) is 0 Å². The molecule has 0 radical (unpaired) electrons. The third kappa shape index (κ3) is 2.44. The van der Waals surface area contributed by atoms with E-state index in [-0.39, 0.29) is 0 Å². The summed E-state index contributed by atoms with van der Waals surface area (Å²) in [6.45, 7) is 9.47. The van der Waals surface area contributed by atoms with Gasteiger partial charge >= 0.3 is 0 Å². The van der Waals surface area contributed by atoms with Gasteiger partial charge in [0.05, 0.1) is 0 Å². The van der Waals surface area contributed by atoms with E-state index in [1.54, 1.807) is 0 Å². The molecule has 88 valence electrons. The first-order valence-corrected chi connectivity index (χ1v) is 6.19. The van der Waals surface area contributed by atoms with Gasteiger partial charge in [-0.1, -0.05) is 19.1 Å². The Morgan fingerprint density at radius 3 is 2.50 bits per heavy atom. The lowest BCUT2D eigenvalue weighted by Gasteiger charge is -2.35. The molecule has 1 aromatic heterocycles. The number of hydrogen-bond donors (Lipinski definition) is 0. The Balaban J connectivity index is 1.96. The summed E-state index contributed by atoms with van der Waals surface area (Å²) in [5.74, 6) is 1.75. The Morgan fingerprint density at radius 2 is 2.00 bits per heavy atom. The normalized spacial score (nSPS) is 17.8. The first-order valence-electron chi connectivity index (χ1n) is 5.78. The van der Waals surface area contributed by atoms with Gasteiger partial charge in [-0.2, -0.15) is 0 Å². The zero-order valence-corrected chi connectivity index (χ0v) is 10.7. The Morgan fingerprint density at radius 1 is 1.31 bits per heavy atom. The lowest BCUT2D eigenvalue weighted by Crippen LogP contribution is -2.48. The highest BCUT2D eigenvalue weighted by atomic mass is 32.1. The minimum Gasteiger partial charge on any atom is -0.459 e. The second-order valence-electron chi connectivity index (χ2n) is 4.14. The summed E-state index contributed by atoms with van der Waals surface area (Å²) >= 11 is 5.44. The van der Waals surface area contributed by atoms with Crippen molar-refractivity contribution < 1.29 is 4.42 Å². The first-order chi connectivity index (χ1) is 7.70. The SMILES string of the molecule is CCN1CCN(C(=S)c2ccc(C)o2)CC1. The molecule has 16 heavy (non-hydrogen) atoms. The van der Waals surface area contributed by atoms with Gasteiger partial charge in [0.15, 0.2) is 5.76 Å². The van der Waals surface area contributed by atoms with E-state index in [1.165, 1.54) is 0 Å². The van der Waals surface area contributed by atoms with Crippen LogP contribution in [0.4, 0.5) is 0 Å². The summed E-state index contributed by atoms with van der Waals surface area (Å²) in [5.41, 5.74) is 0. The van der Waals surface area contributed by atoms with Gasteiger partial charge in [0.25, 0.3) is 0 Å². The second kappa shape index (κ2) is 4.97. The summed E-state index contributed by atoms with van der Waals surface area (Å²) in [6.07, 6.45) is 0. The lowest BCUT2D eigenvalue weighted by molar-refractivity contribution is 0.191. The number of furan rings is 1. The topological polar surface area (TPSA) is 19.6 Å². The molecule has 0 N–H and O–H groups in total. The van der Waals surface area contributed by atoms with Gasteiger partial charge in [0.2, 0.25) is 0 Å². The van der Waals surface area contributed by atoms with Crippen LogP contribution >= 0.6 is 12.2 Å². The van der Waals surface area contributed by atoms with Crippen molar-refractivity contribution in [3.63, 3.8) is 0 Å². The molecule has 0 spiro atoms. The largest absolute Gasteiger partial charge is 0.459 e. The van der Waals surface area contributed by atoms with Crippen LogP contribution in [-0.4, -0.2) is 47.5 Å². The minimum atomic E-state index is 0.831. The molecule has 2 rings (SSSR count). The maximum Gasteiger partial charge on any atom is 0.161 e. The second-order valence-corrected chi connectivity index (χ2v) is 4.52.